The van der Waals surface area contributed by atoms with E-state index in [2.05, 4.69) is 66.7 Å². The molecule has 0 amide bonds. The molecule has 0 spiro atoms. The van der Waals surface area contributed by atoms with Crippen LogP contribution in [0.4, 0.5) is 0 Å². The maximum atomic E-state index is 3.52. The largest absolute Gasteiger partial charge is 0.311 e. The number of likely N-dealkylation sites (N-methyl/N-ethyl adjacent to an activating group) is 1. The van der Waals surface area contributed by atoms with E-state index in [1.165, 1.54) is 16.3 Å². The minimum atomic E-state index is 0.943. The highest BCUT2D eigenvalue weighted by atomic mass is 15.1. The molecule has 0 aliphatic heterocycles. The van der Waals surface area contributed by atoms with Crippen LogP contribution < -0.4 is 5.32 Å². The fraction of sp³-hybridized carbons (Fsp3) is 0.375. The first kappa shape index (κ1) is 13.1. The van der Waals surface area contributed by atoms with E-state index in [9.17, 15) is 0 Å². The Kier molecular flexibility index (Phi) is 4.73. The van der Waals surface area contributed by atoms with Crippen LogP contribution in [0.5, 0.6) is 0 Å². The second-order valence-corrected chi connectivity index (χ2v) is 4.71. The summed E-state index contributed by atoms with van der Waals surface area (Å²) in [5.74, 6) is 0. The van der Waals surface area contributed by atoms with Crippen molar-refractivity contribution in [3.63, 3.8) is 0 Å². The maximum absolute atomic E-state index is 3.52. The highest BCUT2D eigenvalue weighted by molar-refractivity contribution is 5.85. The first-order chi connectivity index (χ1) is 8.81. The normalized spacial score (nSPS) is 11.3. The molecule has 1 N–H and O–H groups in total. The fourth-order valence-electron chi connectivity index (χ4n) is 2.10. The molecular formula is C16H22N2. The van der Waals surface area contributed by atoms with Gasteiger partial charge in [-0.3, -0.25) is 0 Å². The predicted octanol–water partition coefficient (Wildman–Crippen LogP) is 2.88. The Hall–Kier alpha value is -1.38. The highest BCUT2D eigenvalue weighted by Crippen LogP contribution is 2.17. The minimum Gasteiger partial charge on any atom is -0.311 e. The molecule has 2 aromatic rings. The van der Waals surface area contributed by atoms with Crippen molar-refractivity contribution in [2.45, 2.75) is 13.5 Å². The van der Waals surface area contributed by atoms with E-state index < -0.39 is 0 Å². The van der Waals surface area contributed by atoms with Crippen molar-refractivity contribution < 1.29 is 0 Å². The van der Waals surface area contributed by atoms with Crippen LogP contribution in [0.1, 0.15) is 12.5 Å². The van der Waals surface area contributed by atoms with Crippen LogP contribution in [0.25, 0.3) is 10.8 Å². The van der Waals surface area contributed by atoms with Crippen molar-refractivity contribution in [1.29, 1.82) is 0 Å². The first-order valence-electron chi connectivity index (χ1n) is 6.67. The van der Waals surface area contributed by atoms with E-state index in [-0.39, 0.29) is 0 Å². The van der Waals surface area contributed by atoms with Crippen molar-refractivity contribution in [1.82, 2.24) is 10.2 Å². The molecule has 0 atom stereocenters. The minimum absolute atomic E-state index is 0.943. The topological polar surface area (TPSA) is 15.3 Å². The standard InChI is InChI=1S/C16H22N2/c1-3-18(2)12-11-17-13-15-9-6-8-14-7-4-5-10-16(14)15/h4-10,17H,3,11-13H2,1-2H3. The van der Waals surface area contributed by atoms with Gasteiger partial charge in [0.25, 0.3) is 0 Å². The maximum Gasteiger partial charge on any atom is 0.0212 e. The van der Waals surface area contributed by atoms with E-state index in [1.807, 2.05) is 0 Å². The van der Waals surface area contributed by atoms with Gasteiger partial charge in [0.15, 0.2) is 0 Å². The summed E-state index contributed by atoms with van der Waals surface area (Å²) in [6, 6.07) is 15.1. The second-order valence-electron chi connectivity index (χ2n) is 4.71. The number of fused-ring (bicyclic) bond motifs is 1. The summed E-state index contributed by atoms with van der Waals surface area (Å²) in [7, 11) is 2.15. The Bertz CT molecular complexity index is 488. The molecule has 0 radical (unpaired) electrons. The van der Waals surface area contributed by atoms with Gasteiger partial charge in [0.2, 0.25) is 0 Å². The van der Waals surface area contributed by atoms with E-state index in [0.29, 0.717) is 0 Å². The van der Waals surface area contributed by atoms with Gasteiger partial charge in [-0.2, -0.15) is 0 Å². The van der Waals surface area contributed by atoms with Gasteiger partial charge in [0.1, 0.15) is 0 Å². The van der Waals surface area contributed by atoms with Crippen LogP contribution in [0.15, 0.2) is 42.5 Å². The van der Waals surface area contributed by atoms with Gasteiger partial charge in [-0.1, -0.05) is 49.4 Å². The molecule has 0 bridgehead atoms. The molecule has 96 valence electrons. The molecular weight excluding hydrogens is 220 g/mol. The van der Waals surface area contributed by atoms with E-state index in [1.54, 1.807) is 0 Å². The van der Waals surface area contributed by atoms with Crippen LogP contribution in [-0.4, -0.2) is 31.6 Å². The van der Waals surface area contributed by atoms with Gasteiger partial charge in [-0.15, -0.1) is 0 Å². The second kappa shape index (κ2) is 6.53. The Morgan fingerprint density at radius 3 is 2.67 bits per heavy atom. The number of rotatable bonds is 6. The lowest BCUT2D eigenvalue weighted by Gasteiger charge is -2.14. The van der Waals surface area contributed by atoms with Crippen LogP contribution in [0, 0.1) is 0 Å². The van der Waals surface area contributed by atoms with Gasteiger partial charge in [0, 0.05) is 19.6 Å². The van der Waals surface area contributed by atoms with Gasteiger partial charge in [-0.25, -0.2) is 0 Å². The van der Waals surface area contributed by atoms with Gasteiger partial charge in [-0.05, 0) is 29.9 Å². The molecule has 0 saturated heterocycles. The Morgan fingerprint density at radius 1 is 1.06 bits per heavy atom. The Morgan fingerprint density at radius 2 is 1.83 bits per heavy atom. The fourth-order valence-corrected chi connectivity index (χ4v) is 2.10. The zero-order chi connectivity index (χ0) is 12.8. The van der Waals surface area contributed by atoms with E-state index >= 15 is 0 Å². The highest BCUT2D eigenvalue weighted by Gasteiger charge is 2.00. The Balaban J connectivity index is 1.95. The smallest absolute Gasteiger partial charge is 0.0212 e. The lowest BCUT2D eigenvalue weighted by atomic mass is 10.0. The predicted molar refractivity (Wildman–Crippen MR) is 78.8 cm³/mol. The van der Waals surface area contributed by atoms with Crippen LogP contribution >= 0.6 is 0 Å². The van der Waals surface area contributed by atoms with Crippen LogP contribution in [-0.2, 0) is 6.54 Å². The molecule has 2 nitrogen and oxygen atoms in total. The molecule has 0 heterocycles. The van der Waals surface area contributed by atoms with E-state index in [0.717, 1.165) is 26.2 Å². The molecule has 0 fully saturated rings. The van der Waals surface area contributed by atoms with Crippen molar-refractivity contribution in [2.24, 2.45) is 0 Å². The molecule has 0 aromatic heterocycles. The summed E-state index contributed by atoms with van der Waals surface area (Å²) in [6.45, 7) is 6.37. The summed E-state index contributed by atoms with van der Waals surface area (Å²) in [5, 5.41) is 6.20. The van der Waals surface area contributed by atoms with Gasteiger partial charge < -0.3 is 10.2 Å². The SMILES string of the molecule is CCN(C)CCNCc1cccc2ccccc12. The van der Waals surface area contributed by atoms with E-state index in [4.69, 9.17) is 0 Å². The van der Waals surface area contributed by atoms with Crippen molar-refractivity contribution in [3.05, 3.63) is 48.0 Å². The number of nitrogens with one attached hydrogen (secondary N) is 1. The lowest BCUT2D eigenvalue weighted by molar-refractivity contribution is 0.349. The number of benzene rings is 2. The molecule has 0 unspecified atom stereocenters. The summed E-state index contributed by atoms with van der Waals surface area (Å²) in [6.07, 6.45) is 0. The number of hydrogen-bond acceptors (Lipinski definition) is 2. The van der Waals surface area contributed by atoms with Gasteiger partial charge >= 0.3 is 0 Å². The number of nitrogens with zero attached hydrogens (tertiary/aromatic N) is 1. The first-order valence-corrected chi connectivity index (χ1v) is 6.67. The van der Waals surface area contributed by atoms with Crippen LogP contribution in [0.2, 0.25) is 0 Å². The zero-order valence-electron chi connectivity index (χ0n) is 11.3. The third-order valence-corrected chi connectivity index (χ3v) is 3.41. The van der Waals surface area contributed by atoms with Gasteiger partial charge in [0.05, 0.1) is 0 Å². The quantitative estimate of drug-likeness (QED) is 0.784. The summed E-state index contributed by atoms with van der Waals surface area (Å²) < 4.78 is 0. The molecule has 0 aliphatic carbocycles. The average molecular weight is 242 g/mol. The van der Waals surface area contributed by atoms with Crippen molar-refractivity contribution in [2.75, 3.05) is 26.7 Å². The van der Waals surface area contributed by atoms with Crippen LogP contribution in [0.3, 0.4) is 0 Å². The summed E-state index contributed by atoms with van der Waals surface area (Å²) in [4.78, 5) is 2.32. The van der Waals surface area contributed by atoms with Crippen molar-refractivity contribution in [3.8, 4) is 0 Å². The van der Waals surface area contributed by atoms with Crippen molar-refractivity contribution >= 4 is 10.8 Å². The molecule has 2 aromatic carbocycles. The summed E-state index contributed by atoms with van der Waals surface area (Å²) >= 11 is 0. The third kappa shape index (κ3) is 3.31. The lowest BCUT2D eigenvalue weighted by Crippen LogP contribution is -2.28. The monoisotopic (exact) mass is 242 g/mol. The Labute approximate surface area is 110 Å². The average Bonchev–Trinajstić information content (AvgIpc) is 2.43. The molecule has 0 saturated carbocycles. The molecule has 18 heavy (non-hydrogen) atoms. The molecule has 2 heteroatoms. The third-order valence-electron chi connectivity index (χ3n) is 3.41. The summed E-state index contributed by atoms with van der Waals surface area (Å²) in [5.41, 5.74) is 1.38. The molecule has 2 rings (SSSR count). The number of hydrogen-bond donors (Lipinski definition) is 1. The zero-order valence-corrected chi connectivity index (χ0v) is 11.3. The molecule has 0 aliphatic rings.